The lowest BCUT2D eigenvalue weighted by Crippen LogP contribution is -2.43. The Bertz CT molecular complexity index is 331. The molecule has 5 nitrogen and oxygen atoms in total. The van der Waals surface area contributed by atoms with Crippen molar-refractivity contribution in [3.05, 3.63) is 0 Å². The summed E-state index contributed by atoms with van der Waals surface area (Å²) in [5.74, 6) is -1.77. The highest BCUT2D eigenvalue weighted by Gasteiger charge is 2.42. The van der Waals surface area contributed by atoms with E-state index in [-0.39, 0.29) is 24.5 Å². The zero-order valence-electron chi connectivity index (χ0n) is 11.9. The summed E-state index contributed by atoms with van der Waals surface area (Å²) in [5.41, 5.74) is 0. The molecule has 0 aromatic heterocycles. The average molecular weight is 271 g/mol. The van der Waals surface area contributed by atoms with Crippen LogP contribution in [0.1, 0.15) is 40.0 Å². The number of carboxylic acid groups (broad SMARTS) is 1. The molecule has 0 spiro atoms. The van der Waals surface area contributed by atoms with Gasteiger partial charge in [0.1, 0.15) is 0 Å². The molecule has 0 heterocycles. The molecule has 0 saturated heterocycles. The highest BCUT2D eigenvalue weighted by Crippen LogP contribution is 2.38. The first-order valence-electron chi connectivity index (χ1n) is 7.04. The van der Waals surface area contributed by atoms with E-state index in [1.165, 1.54) is 0 Å². The SMILES string of the molecule is CCC1CC(C(=O)O)C(C(=O)NC(C)C(C)CO)C1. The van der Waals surface area contributed by atoms with E-state index >= 15 is 0 Å². The Morgan fingerprint density at radius 1 is 1.26 bits per heavy atom. The molecule has 19 heavy (non-hydrogen) atoms. The van der Waals surface area contributed by atoms with Crippen molar-refractivity contribution < 1.29 is 19.8 Å². The summed E-state index contributed by atoms with van der Waals surface area (Å²) in [6.45, 7) is 5.72. The van der Waals surface area contributed by atoms with Crippen LogP contribution in [0, 0.1) is 23.7 Å². The van der Waals surface area contributed by atoms with Gasteiger partial charge in [-0.1, -0.05) is 20.3 Å². The molecule has 110 valence electrons. The maximum absolute atomic E-state index is 12.2. The molecule has 1 saturated carbocycles. The summed E-state index contributed by atoms with van der Waals surface area (Å²) in [6, 6.07) is -0.146. The van der Waals surface area contributed by atoms with Crippen molar-refractivity contribution in [1.82, 2.24) is 5.32 Å². The summed E-state index contributed by atoms with van der Waals surface area (Å²) in [6.07, 6.45) is 2.16. The Hall–Kier alpha value is -1.10. The number of aliphatic hydroxyl groups is 1. The van der Waals surface area contributed by atoms with Crippen LogP contribution in [0.5, 0.6) is 0 Å². The fourth-order valence-electron chi connectivity index (χ4n) is 2.67. The molecule has 0 bridgehead atoms. The lowest BCUT2D eigenvalue weighted by atomic mass is 9.94. The zero-order chi connectivity index (χ0) is 14.6. The van der Waals surface area contributed by atoms with E-state index in [9.17, 15) is 14.7 Å². The number of rotatable bonds is 6. The van der Waals surface area contributed by atoms with Gasteiger partial charge in [-0.15, -0.1) is 0 Å². The van der Waals surface area contributed by atoms with Crippen LogP contribution in [0.15, 0.2) is 0 Å². The average Bonchev–Trinajstić information content (AvgIpc) is 2.81. The van der Waals surface area contributed by atoms with Crippen LogP contribution in [0.25, 0.3) is 0 Å². The van der Waals surface area contributed by atoms with Crippen molar-refractivity contribution in [2.45, 2.75) is 46.1 Å². The van der Waals surface area contributed by atoms with E-state index in [4.69, 9.17) is 5.11 Å². The molecule has 1 amide bonds. The molecule has 1 aliphatic rings. The Labute approximate surface area is 114 Å². The van der Waals surface area contributed by atoms with Gasteiger partial charge in [0.2, 0.25) is 5.91 Å². The predicted octanol–water partition coefficient (Wildman–Crippen LogP) is 1.26. The molecule has 1 rings (SSSR count). The van der Waals surface area contributed by atoms with Gasteiger partial charge < -0.3 is 15.5 Å². The van der Waals surface area contributed by atoms with Crippen LogP contribution in [-0.4, -0.2) is 34.7 Å². The highest BCUT2D eigenvalue weighted by molar-refractivity contribution is 5.85. The number of aliphatic hydroxyl groups excluding tert-OH is 1. The molecular formula is C14H25NO4. The first-order chi connectivity index (χ1) is 8.90. The lowest BCUT2D eigenvalue weighted by molar-refractivity contribution is -0.146. The minimum absolute atomic E-state index is 0.00601. The van der Waals surface area contributed by atoms with Crippen LogP contribution in [0.2, 0.25) is 0 Å². The van der Waals surface area contributed by atoms with E-state index in [0.717, 1.165) is 6.42 Å². The van der Waals surface area contributed by atoms with Gasteiger partial charge in [-0.3, -0.25) is 9.59 Å². The van der Waals surface area contributed by atoms with Crippen molar-refractivity contribution in [3.8, 4) is 0 Å². The van der Waals surface area contributed by atoms with Gasteiger partial charge in [-0.2, -0.15) is 0 Å². The molecule has 3 N–H and O–H groups in total. The number of hydrogen-bond acceptors (Lipinski definition) is 3. The first kappa shape index (κ1) is 16.0. The monoisotopic (exact) mass is 271 g/mol. The minimum Gasteiger partial charge on any atom is -0.481 e. The van der Waals surface area contributed by atoms with E-state index < -0.39 is 17.8 Å². The molecule has 5 atom stereocenters. The molecule has 1 fully saturated rings. The third-order valence-corrected chi connectivity index (χ3v) is 4.40. The number of carbonyl (C=O) groups is 2. The van der Waals surface area contributed by atoms with Gasteiger partial charge in [0.25, 0.3) is 0 Å². The van der Waals surface area contributed by atoms with E-state index in [2.05, 4.69) is 5.32 Å². The number of carbonyl (C=O) groups excluding carboxylic acids is 1. The lowest BCUT2D eigenvalue weighted by Gasteiger charge is -2.23. The van der Waals surface area contributed by atoms with E-state index in [1.54, 1.807) is 0 Å². The first-order valence-corrected chi connectivity index (χ1v) is 7.04. The normalized spacial score (nSPS) is 29.8. The van der Waals surface area contributed by atoms with Crippen LogP contribution in [-0.2, 0) is 9.59 Å². The number of nitrogens with one attached hydrogen (secondary N) is 1. The fourth-order valence-corrected chi connectivity index (χ4v) is 2.67. The van der Waals surface area contributed by atoms with E-state index in [0.29, 0.717) is 18.8 Å². The highest BCUT2D eigenvalue weighted by atomic mass is 16.4. The molecule has 0 aliphatic heterocycles. The van der Waals surface area contributed by atoms with Crippen molar-refractivity contribution in [2.24, 2.45) is 23.7 Å². The number of aliphatic carboxylic acids is 1. The van der Waals surface area contributed by atoms with Gasteiger partial charge in [-0.25, -0.2) is 0 Å². The molecule has 5 unspecified atom stereocenters. The number of carboxylic acids is 1. The maximum atomic E-state index is 12.2. The second-order valence-corrected chi connectivity index (χ2v) is 5.75. The van der Waals surface area contributed by atoms with Crippen molar-refractivity contribution >= 4 is 11.9 Å². The standard InChI is InChI=1S/C14H25NO4/c1-4-10-5-11(12(6-10)14(18)19)13(17)15-9(3)8(2)7-16/h8-12,16H,4-7H2,1-3H3,(H,15,17)(H,18,19). The summed E-state index contributed by atoms with van der Waals surface area (Å²) in [5, 5.41) is 21.1. The van der Waals surface area contributed by atoms with Crippen LogP contribution < -0.4 is 5.32 Å². The Morgan fingerprint density at radius 3 is 2.32 bits per heavy atom. The largest absolute Gasteiger partial charge is 0.481 e. The van der Waals surface area contributed by atoms with Gasteiger partial charge in [0, 0.05) is 12.6 Å². The van der Waals surface area contributed by atoms with Crippen LogP contribution in [0.3, 0.4) is 0 Å². The fraction of sp³-hybridized carbons (Fsp3) is 0.857. The van der Waals surface area contributed by atoms with Gasteiger partial charge in [-0.05, 0) is 31.6 Å². The summed E-state index contributed by atoms with van der Waals surface area (Å²) >= 11 is 0. The smallest absolute Gasteiger partial charge is 0.307 e. The van der Waals surface area contributed by atoms with E-state index in [1.807, 2.05) is 20.8 Å². The van der Waals surface area contributed by atoms with Gasteiger partial charge in [0.15, 0.2) is 0 Å². The molecule has 0 aromatic carbocycles. The van der Waals surface area contributed by atoms with Crippen LogP contribution in [0.4, 0.5) is 0 Å². The third kappa shape index (κ3) is 3.93. The quantitative estimate of drug-likeness (QED) is 0.678. The predicted molar refractivity (Wildman–Crippen MR) is 71.5 cm³/mol. The van der Waals surface area contributed by atoms with Crippen molar-refractivity contribution in [2.75, 3.05) is 6.61 Å². The molecule has 0 aromatic rings. The second kappa shape index (κ2) is 6.89. The summed E-state index contributed by atoms with van der Waals surface area (Å²) in [4.78, 5) is 23.4. The maximum Gasteiger partial charge on any atom is 0.307 e. The van der Waals surface area contributed by atoms with Crippen LogP contribution >= 0.6 is 0 Å². The van der Waals surface area contributed by atoms with Crippen molar-refractivity contribution in [3.63, 3.8) is 0 Å². The Kier molecular flexibility index (Phi) is 5.79. The summed E-state index contributed by atoms with van der Waals surface area (Å²) < 4.78 is 0. The zero-order valence-corrected chi connectivity index (χ0v) is 11.9. The number of amides is 1. The number of hydrogen-bond donors (Lipinski definition) is 3. The second-order valence-electron chi connectivity index (χ2n) is 5.75. The molecule has 1 aliphatic carbocycles. The summed E-state index contributed by atoms with van der Waals surface area (Å²) in [7, 11) is 0. The molecular weight excluding hydrogens is 246 g/mol. The third-order valence-electron chi connectivity index (χ3n) is 4.40. The Morgan fingerprint density at radius 2 is 1.84 bits per heavy atom. The topological polar surface area (TPSA) is 86.6 Å². The Balaban J connectivity index is 2.66. The molecule has 0 radical (unpaired) electrons. The minimum atomic E-state index is -0.876. The van der Waals surface area contributed by atoms with Gasteiger partial charge in [0.05, 0.1) is 11.8 Å². The molecule has 5 heteroatoms. The van der Waals surface area contributed by atoms with Gasteiger partial charge >= 0.3 is 5.97 Å². The van der Waals surface area contributed by atoms with Crippen molar-refractivity contribution in [1.29, 1.82) is 0 Å².